The Kier molecular flexibility index (Phi) is 4.59. The minimum atomic E-state index is -3.60. The lowest BCUT2D eigenvalue weighted by molar-refractivity contribution is 0.296. The molecule has 1 atom stereocenters. The van der Waals surface area contributed by atoms with Gasteiger partial charge in [-0.05, 0) is 60.9 Å². The molecule has 4 rings (SSSR count). The van der Waals surface area contributed by atoms with E-state index in [1.165, 1.54) is 0 Å². The molecule has 0 bridgehead atoms. The van der Waals surface area contributed by atoms with Crippen LogP contribution in [0.15, 0.2) is 41.3 Å². The van der Waals surface area contributed by atoms with Gasteiger partial charge in [-0.25, -0.2) is 8.42 Å². The molecule has 0 spiro atoms. The van der Waals surface area contributed by atoms with Crippen LogP contribution in [-0.4, -0.2) is 32.5 Å². The molecular weight excluding hydrogens is 374 g/mol. The van der Waals surface area contributed by atoms with E-state index in [1.807, 2.05) is 19.1 Å². The average Bonchev–Trinajstić information content (AvgIpc) is 2.85. The summed E-state index contributed by atoms with van der Waals surface area (Å²) in [6.07, 6.45) is 1.48. The molecule has 2 aliphatic rings. The fourth-order valence-corrected chi connectivity index (χ4v) is 5.26. The summed E-state index contributed by atoms with van der Waals surface area (Å²) in [7, 11) is -3.60. The maximum Gasteiger partial charge on any atom is 0.243 e. The second-order valence-corrected chi connectivity index (χ2v) is 8.87. The lowest BCUT2D eigenvalue weighted by Crippen LogP contribution is -2.38. The summed E-state index contributed by atoms with van der Waals surface area (Å²) >= 11 is 5.89. The van der Waals surface area contributed by atoms with Crippen molar-refractivity contribution in [2.24, 2.45) is 0 Å². The third-order valence-corrected chi connectivity index (χ3v) is 7.15. The van der Waals surface area contributed by atoms with E-state index in [2.05, 4.69) is 0 Å². The topological polar surface area (TPSA) is 55.8 Å². The normalized spacial score (nSPS) is 20.3. The summed E-state index contributed by atoms with van der Waals surface area (Å²) in [5.41, 5.74) is 2.09. The number of hydrogen-bond acceptors (Lipinski definition) is 4. The van der Waals surface area contributed by atoms with E-state index < -0.39 is 10.0 Å². The van der Waals surface area contributed by atoms with Gasteiger partial charge in [0.1, 0.15) is 0 Å². The Balaban J connectivity index is 1.70. The molecule has 0 unspecified atom stereocenters. The predicted octanol–water partition coefficient (Wildman–Crippen LogP) is 3.81. The molecule has 0 saturated carbocycles. The van der Waals surface area contributed by atoms with Crippen LogP contribution >= 0.6 is 11.6 Å². The fraction of sp³-hybridized carbons (Fsp3) is 0.368. The summed E-state index contributed by atoms with van der Waals surface area (Å²) in [4.78, 5) is 0.256. The number of ether oxygens (including phenoxy) is 2. The molecule has 0 N–H and O–H groups in total. The first kappa shape index (κ1) is 17.6. The highest BCUT2D eigenvalue weighted by Crippen LogP contribution is 2.40. The molecule has 26 heavy (non-hydrogen) atoms. The number of fused-ring (bicyclic) bond motifs is 2. The highest BCUT2D eigenvalue weighted by molar-refractivity contribution is 7.89. The third kappa shape index (κ3) is 3.06. The minimum Gasteiger partial charge on any atom is -0.490 e. The van der Waals surface area contributed by atoms with Gasteiger partial charge in [0.05, 0.1) is 18.1 Å². The molecule has 0 amide bonds. The van der Waals surface area contributed by atoms with Gasteiger partial charge in [-0.1, -0.05) is 11.6 Å². The molecule has 138 valence electrons. The zero-order valence-electron chi connectivity index (χ0n) is 14.4. The maximum absolute atomic E-state index is 13.1. The Morgan fingerprint density at radius 1 is 1.08 bits per heavy atom. The SMILES string of the molecule is C[C@@H]1c2cc3c(cc2CCN1S(=O)(=O)c1ccc(Cl)cc1)OCCCO3. The van der Waals surface area contributed by atoms with Gasteiger partial charge in [-0.2, -0.15) is 4.31 Å². The van der Waals surface area contributed by atoms with Crippen LogP contribution in [0.2, 0.25) is 5.02 Å². The van der Waals surface area contributed by atoms with Crippen molar-refractivity contribution in [2.45, 2.75) is 30.7 Å². The van der Waals surface area contributed by atoms with E-state index in [4.69, 9.17) is 21.1 Å². The monoisotopic (exact) mass is 393 g/mol. The molecule has 0 radical (unpaired) electrons. The number of halogens is 1. The van der Waals surface area contributed by atoms with Crippen molar-refractivity contribution in [3.05, 3.63) is 52.5 Å². The molecule has 7 heteroatoms. The second-order valence-electron chi connectivity index (χ2n) is 6.54. The van der Waals surface area contributed by atoms with Crippen molar-refractivity contribution in [1.29, 1.82) is 0 Å². The van der Waals surface area contributed by atoms with Crippen LogP contribution in [0.3, 0.4) is 0 Å². The minimum absolute atomic E-state index is 0.256. The number of nitrogens with zero attached hydrogens (tertiary/aromatic N) is 1. The zero-order chi connectivity index (χ0) is 18.3. The summed E-state index contributed by atoms with van der Waals surface area (Å²) in [5.74, 6) is 1.45. The van der Waals surface area contributed by atoms with Gasteiger partial charge in [0, 0.05) is 24.0 Å². The van der Waals surface area contributed by atoms with E-state index in [1.54, 1.807) is 28.6 Å². The molecule has 2 aromatic rings. The molecule has 5 nitrogen and oxygen atoms in total. The van der Waals surface area contributed by atoms with E-state index in [0.717, 1.165) is 23.3 Å². The Bertz CT molecular complexity index is 927. The lowest BCUT2D eigenvalue weighted by Gasteiger charge is -2.34. The van der Waals surface area contributed by atoms with Crippen molar-refractivity contribution < 1.29 is 17.9 Å². The molecule has 0 aliphatic carbocycles. The Hall–Kier alpha value is -1.76. The highest BCUT2D eigenvalue weighted by atomic mass is 35.5. The van der Waals surface area contributed by atoms with Crippen LogP contribution in [0.25, 0.3) is 0 Å². The van der Waals surface area contributed by atoms with Crippen molar-refractivity contribution in [3.8, 4) is 11.5 Å². The summed E-state index contributed by atoms with van der Waals surface area (Å²) in [6.45, 7) is 3.58. The Morgan fingerprint density at radius 2 is 1.73 bits per heavy atom. The van der Waals surface area contributed by atoms with Gasteiger partial charge in [0.25, 0.3) is 0 Å². The number of benzene rings is 2. The van der Waals surface area contributed by atoms with Crippen molar-refractivity contribution in [3.63, 3.8) is 0 Å². The van der Waals surface area contributed by atoms with Crippen LogP contribution in [-0.2, 0) is 16.4 Å². The van der Waals surface area contributed by atoms with E-state index in [-0.39, 0.29) is 10.9 Å². The van der Waals surface area contributed by atoms with Gasteiger partial charge in [0.15, 0.2) is 11.5 Å². The van der Waals surface area contributed by atoms with Crippen LogP contribution in [0, 0.1) is 0 Å². The summed E-state index contributed by atoms with van der Waals surface area (Å²) < 4.78 is 39.3. The largest absolute Gasteiger partial charge is 0.490 e. The molecule has 0 fully saturated rings. The molecular formula is C19H20ClNO4S. The van der Waals surface area contributed by atoms with Crippen LogP contribution < -0.4 is 9.47 Å². The Morgan fingerprint density at radius 3 is 2.42 bits per heavy atom. The standard InChI is InChI=1S/C19H20ClNO4S/c1-13-17-12-19-18(24-9-2-10-25-19)11-14(17)7-8-21(13)26(22,23)16-5-3-15(20)4-6-16/h3-6,11-13H,2,7-10H2,1H3/t13-/m1/s1. The van der Waals surface area contributed by atoms with Crippen LogP contribution in [0.4, 0.5) is 0 Å². The van der Waals surface area contributed by atoms with Gasteiger partial charge < -0.3 is 9.47 Å². The first-order valence-electron chi connectivity index (χ1n) is 8.66. The number of sulfonamides is 1. The molecule has 0 saturated heterocycles. The van der Waals surface area contributed by atoms with Gasteiger partial charge in [-0.3, -0.25) is 0 Å². The van der Waals surface area contributed by atoms with Gasteiger partial charge in [0.2, 0.25) is 10.0 Å². The molecule has 2 heterocycles. The maximum atomic E-state index is 13.1. The summed E-state index contributed by atoms with van der Waals surface area (Å²) in [6, 6.07) is 9.95. The first-order valence-corrected chi connectivity index (χ1v) is 10.5. The highest BCUT2D eigenvalue weighted by Gasteiger charge is 2.35. The quantitative estimate of drug-likeness (QED) is 0.778. The summed E-state index contributed by atoms with van der Waals surface area (Å²) in [5, 5.41) is 0.515. The Labute approximate surface area is 158 Å². The van der Waals surface area contributed by atoms with E-state index >= 15 is 0 Å². The smallest absolute Gasteiger partial charge is 0.243 e. The van der Waals surface area contributed by atoms with Crippen LogP contribution in [0.1, 0.15) is 30.5 Å². The van der Waals surface area contributed by atoms with Crippen molar-refractivity contribution in [1.82, 2.24) is 4.31 Å². The third-order valence-electron chi connectivity index (χ3n) is 4.91. The van der Waals surface area contributed by atoms with Gasteiger partial charge in [-0.15, -0.1) is 0 Å². The number of rotatable bonds is 2. The fourth-order valence-electron chi connectivity index (χ4n) is 3.52. The second kappa shape index (κ2) is 6.76. The number of hydrogen-bond donors (Lipinski definition) is 0. The van der Waals surface area contributed by atoms with Crippen LogP contribution in [0.5, 0.6) is 11.5 Å². The van der Waals surface area contributed by atoms with Gasteiger partial charge >= 0.3 is 0 Å². The molecule has 2 aromatic carbocycles. The van der Waals surface area contributed by atoms with E-state index in [9.17, 15) is 8.42 Å². The first-order chi connectivity index (χ1) is 12.5. The zero-order valence-corrected chi connectivity index (χ0v) is 16.0. The van der Waals surface area contributed by atoms with Crippen molar-refractivity contribution in [2.75, 3.05) is 19.8 Å². The van der Waals surface area contributed by atoms with E-state index in [0.29, 0.717) is 37.0 Å². The predicted molar refractivity (Wildman–Crippen MR) is 99.5 cm³/mol. The lowest BCUT2D eigenvalue weighted by atomic mass is 9.94. The average molecular weight is 394 g/mol. The van der Waals surface area contributed by atoms with Crippen molar-refractivity contribution >= 4 is 21.6 Å². The molecule has 2 aliphatic heterocycles. The molecule has 0 aromatic heterocycles.